The van der Waals surface area contributed by atoms with Crippen LogP contribution in [0.3, 0.4) is 0 Å². The number of amides is 1. The van der Waals surface area contributed by atoms with E-state index in [0.29, 0.717) is 18.9 Å². The molecule has 0 unspecified atom stereocenters. The molecule has 0 saturated heterocycles. The second-order valence-electron chi connectivity index (χ2n) is 4.13. The largest absolute Gasteiger partial charge is 0.476 e. The van der Waals surface area contributed by atoms with Crippen LogP contribution in [-0.4, -0.2) is 36.5 Å². The summed E-state index contributed by atoms with van der Waals surface area (Å²) in [6.07, 6.45) is 0.698. The molecule has 0 radical (unpaired) electrons. The van der Waals surface area contributed by atoms with Gasteiger partial charge in [-0.25, -0.2) is 13.4 Å². The van der Waals surface area contributed by atoms with Crippen LogP contribution >= 0.6 is 0 Å². The second-order valence-corrected chi connectivity index (χ2v) is 6.32. The van der Waals surface area contributed by atoms with Crippen molar-refractivity contribution in [3.63, 3.8) is 0 Å². The predicted molar refractivity (Wildman–Crippen MR) is 66.2 cm³/mol. The van der Waals surface area contributed by atoms with Crippen LogP contribution in [0.2, 0.25) is 0 Å². The van der Waals surface area contributed by atoms with Gasteiger partial charge in [0.2, 0.25) is 0 Å². The van der Waals surface area contributed by atoms with Crippen LogP contribution in [0.4, 0.5) is 5.69 Å². The standard InChI is InChI=1S/C10H11N3O6S/c1-19-10-6(13(15)16)4-7(8(12-10)9(11)14)20(17,18)5-2-3-5/h4-5H,2-3H2,1H3,(H2,11,14)/i1D3. The fourth-order valence-corrected chi connectivity index (χ4v) is 3.43. The lowest BCUT2D eigenvalue weighted by Gasteiger charge is -2.09. The Balaban J connectivity index is 2.71. The van der Waals surface area contributed by atoms with Crippen molar-refractivity contribution in [2.75, 3.05) is 7.04 Å². The summed E-state index contributed by atoms with van der Waals surface area (Å²) in [6, 6.07) is 0.557. The molecule has 1 aromatic heterocycles. The zero-order valence-corrected chi connectivity index (χ0v) is 10.7. The zero-order chi connectivity index (χ0) is 17.6. The molecule has 9 nitrogen and oxygen atoms in total. The summed E-state index contributed by atoms with van der Waals surface area (Å²) in [7, 11) is -7.10. The van der Waals surface area contributed by atoms with Crippen LogP contribution < -0.4 is 10.5 Å². The Bertz CT molecular complexity index is 788. The third-order valence-electron chi connectivity index (χ3n) is 2.73. The van der Waals surface area contributed by atoms with Gasteiger partial charge in [0.25, 0.3) is 11.8 Å². The van der Waals surface area contributed by atoms with Crippen LogP contribution in [0.1, 0.15) is 27.4 Å². The first-order chi connectivity index (χ1) is 10.4. The molecular weight excluding hydrogens is 290 g/mol. The van der Waals surface area contributed by atoms with Crippen molar-refractivity contribution in [1.82, 2.24) is 4.98 Å². The molecule has 1 heterocycles. The molecule has 1 aliphatic carbocycles. The summed E-state index contributed by atoms with van der Waals surface area (Å²) in [5, 5.41) is 10.3. The lowest BCUT2D eigenvalue weighted by Crippen LogP contribution is -2.21. The Labute approximate surface area is 118 Å². The number of pyridine rings is 1. The number of nitrogens with two attached hydrogens (primary N) is 1. The van der Waals surface area contributed by atoms with E-state index in [4.69, 9.17) is 9.85 Å². The Morgan fingerprint density at radius 1 is 1.65 bits per heavy atom. The van der Waals surface area contributed by atoms with Gasteiger partial charge in [0.1, 0.15) is 4.90 Å². The highest BCUT2D eigenvalue weighted by Gasteiger charge is 2.41. The number of primary amides is 1. The number of nitrogens with zero attached hydrogens (tertiary/aromatic N) is 2. The molecule has 1 saturated carbocycles. The van der Waals surface area contributed by atoms with E-state index in [1.165, 1.54) is 0 Å². The van der Waals surface area contributed by atoms with Gasteiger partial charge in [0, 0.05) is 6.07 Å². The first kappa shape index (κ1) is 10.5. The average molecular weight is 304 g/mol. The first-order valence-corrected chi connectivity index (χ1v) is 6.90. The molecule has 10 heteroatoms. The lowest BCUT2D eigenvalue weighted by atomic mass is 10.3. The van der Waals surface area contributed by atoms with E-state index >= 15 is 0 Å². The van der Waals surface area contributed by atoms with E-state index in [9.17, 15) is 23.3 Å². The third-order valence-corrected chi connectivity index (χ3v) is 5.00. The molecule has 20 heavy (non-hydrogen) atoms. The highest BCUT2D eigenvalue weighted by molar-refractivity contribution is 7.92. The molecule has 2 N–H and O–H groups in total. The predicted octanol–water partition coefficient (Wildman–Crippen LogP) is 0.0334. The highest BCUT2D eigenvalue weighted by atomic mass is 32.2. The minimum absolute atomic E-state index is 0.349. The lowest BCUT2D eigenvalue weighted by molar-refractivity contribution is -0.386. The topological polar surface area (TPSA) is 142 Å². The van der Waals surface area contributed by atoms with E-state index in [1.54, 1.807) is 0 Å². The van der Waals surface area contributed by atoms with Crippen molar-refractivity contribution in [1.29, 1.82) is 0 Å². The molecular formula is C10H11N3O6S. The van der Waals surface area contributed by atoms with E-state index < -0.39 is 55.1 Å². The Morgan fingerprint density at radius 3 is 2.75 bits per heavy atom. The summed E-state index contributed by atoms with van der Waals surface area (Å²) < 4.78 is 49.8. The van der Waals surface area contributed by atoms with Gasteiger partial charge >= 0.3 is 5.69 Å². The molecule has 0 bridgehead atoms. The average Bonchev–Trinajstić information content (AvgIpc) is 3.19. The number of carbonyl (C=O) groups is 1. The van der Waals surface area contributed by atoms with E-state index in [1.807, 2.05) is 0 Å². The van der Waals surface area contributed by atoms with Crippen LogP contribution in [0.5, 0.6) is 5.88 Å². The number of aromatic nitrogens is 1. The van der Waals surface area contributed by atoms with Crippen molar-refractivity contribution < 1.29 is 27.0 Å². The van der Waals surface area contributed by atoms with Crippen molar-refractivity contribution in [2.45, 2.75) is 23.0 Å². The number of rotatable bonds is 5. The SMILES string of the molecule is [2H]C([2H])([2H])Oc1nc(C(N)=O)c(S(=O)(=O)C2CC2)cc1[N+](=O)[O-]. The zero-order valence-electron chi connectivity index (χ0n) is 12.9. The number of hydrogen-bond donors (Lipinski definition) is 1. The maximum absolute atomic E-state index is 12.3. The molecule has 0 aliphatic heterocycles. The summed E-state index contributed by atoms with van der Waals surface area (Å²) in [6.45, 7) is 0. The monoisotopic (exact) mass is 304 g/mol. The molecule has 1 aromatic rings. The van der Waals surface area contributed by atoms with Crippen LogP contribution in [-0.2, 0) is 9.84 Å². The minimum Gasteiger partial charge on any atom is -0.476 e. The van der Waals surface area contributed by atoms with Gasteiger partial charge in [-0.1, -0.05) is 0 Å². The number of sulfone groups is 1. The normalized spacial score (nSPS) is 17.7. The summed E-state index contributed by atoms with van der Waals surface area (Å²) in [4.78, 5) is 24.1. The number of carbonyl (C=O) groups excluding carboxylic acids is 1. The van der Waals surface area contributed by atoms with Crippen molar-refractivity contribution in [3.8, 4) is 5.88 Å². The van der Waals surface area contributed by atoms with Gasteiger partial charge in [0.15, 0.2) is 15.5 Å². The fraction of sp³-hybridized carbons (Fsp3) is 0.400. The van der Waals surface area contributed by atoms with Crippen molar-refractivity contribution in [2.24, 2.45) is 5.73 Å². The van der Waals surface area contributed by atoms with Gasteiger partial charge in [-0.05, 0) is 12.8 Å². The Hall–Kier alpha value is -2.23. The molecule has 2 rings (SSSR count). The highest BCUT2D eigenvalue weighted by Crippen LogP contribution is 2.37. The summed E-state index contributed by atoms with van der Waals surface area (Å²) in [5.74, 6) is -2.27. The molecule has 0 aromatic carbocycles. The molecule has 108 valence electrons. The maximum atomic E-state index is 12.3. The first-order valence-electron chi connectivity index (χ1n) is 6.85. The quantitative estimate of drug-likeness (QED) is 0.597. The van der Waals surface area contributed by atoms with Gasteiger partial charge in [-0.2, -0.15) is 0 Å². The van der Waals surface area contributed by atoms with E-state index in [0.717, 1.165) is 0 Å². The second kappa shape index (κ2) is 4.71. The molecule has 1 fully saturated rings. The number of hydrogen-bond acceptors (Lipinski definition) is 7. The Morgan fingerprint density at radius 2 is 2.30 bits per heavy atom. The van der Waals surface area contributed by atoms with Crippen LogP contribution in [0.25, 0.3) is 0 Å². The summed E-state index contributed by atoms with van der Waals surface area (Å²) in [5.41, 5.74) is 3.29. The molecule has 1 aliphatic rings. The third kappa shape index (κ3) is 2.29. The van der Waals surface area contributed by atoms with Gasteiger partial charge < -0.3 is 10.5 Å². The molecule has 0 spiro atoms. The number of ether oxygens (including phenoxy) is 1. The number of nitro groups is 1. The van der Waals surface area contributed by atoms with Gasteiger partial charge in [-0.3, -0.25) is 14.9 Å². The van der Waals surface area contributed by atoms with Gasteiger partial charge in [-0.15, -0.1) is 0 Å². The van der Waals surface area contributed by atoms with Gasteiger partial charge in [0.05, 0.1) is 21.3 Å². The molecule has 0 atom stereocenters. The van der Waals surface area contributed by atoms with Crippen LogP contribution in [0, 0.1) is 10.1 Å². The number of methoxy groups -OCH3 is 1. The molecule has 1 amide bonds. The van der Waals surface area contributed by atoms with E-state index in [-0.39, 0.29) is 0 Å². The van der Waals surface area contributed by atoms with Crippen LogP contribution in [0.15, 0.2) is 11.0 Å². The summed E-state index contributed by atoms with van der Waals surface area (Å²) >= 11 is 0. The van der Waals surface area contributed by atoms with Crippen molar-refractivity contribution >= 4 is 21.4 Å². The van der Waals surface area contributed by atoms with E-state index in [2.05, 4.69) is 9.72 Å². The van der Waals surface area contributed by atoms with Crippen molar-refractivity contribution in [3.05, 3.63) is 21.9 Å². The Kier molecular flexibility index (Phi) is 2.48. The minimum atomic E-state index is -4.02. The smallest absolute Gasteiger partial charge is 0.332 e. The fourth-order valence-electron chi connectivity index (χ4n) is 1.63. The maximum Gasteiger partial charge on any atom is 0.332 e.